The van der Waals surface area contributed by atoms with Gasteiger partial charge in [0.1, 0.15) is 0 Å². The molecule has 2 aromatic carbocycles. The fraction of sp³-hybridized carbons (Fsp3) is 0. The van der Waals surface area contributed by atoms with E-state index in [1.807, 2.05) is 24.4 Å². The molecule has 0 unspecified atom stereocenters. The second-order valence-electron chi connectivity index (χ2n) is 4.88. The first-order valence-electron chi connectivity index (χ1n) is 6.56. The number of benzene rings is 2. The number of aromatic amines is 1. The Morgan fingerprint density at radius 2 is 1.95 bits per heavy atom. The van der Waals surface area contributed by atoms with E-state index in [4.69, 9.17) is 0 Å². The van der Waals surface area contributed by atoms with Gasteiger partial charge in [-0.15, -0.1) is 11.3 Å². The molecule has 0 fully saturated rings. The van der Waals surface area contributed by atoms with Crippen LogP contribution in [0.2, 0.25) is 0 Å². The molecule has 21 heavy (non-hydrogen) atoms. The Bertz CT molecular complexity index is 948. The number of aromatic carboxylic acids is 1. The maximum atomic E-state index is 11.3. The SMILES string of the molecule is O=C(O)c1cccc2c(-c3cc4ccccc4s3)c[nH]c12. The molecule has 4 aromatic rings. The zero-order valence-corrected chi connectivity index (χ0v) is 11.8. The van der Waals surface area contributed by atoms with Crippen molar-refractivity contribution in [3.05, 3.63) is 60.3 Å². The predicted octanol–water partition coefficient (Wildman–Crippen LogP) is 4.75. The van der Waals surface area contributed by atoms with Crippen LogP contribution in [0.3, 0.4) is 0 Å². The fourth-order valence-electron chi connectivity index (χ4n) is 2.65. The largest absolute Gasteiger partial charge is 0.478 e. The number of H-pyrrole nitrogens is 1. The number of hydrogen-bond donors (Lipinski definition) is 2. The molecule has 2 N–H and O–H groups in total. The summed E-state index contributed by atoms with van der Waals surface area (Å²) in [5, 5.41) is 11.4. The maximum absolute atomic E-state index is 11.3. The van der Waals surface area contributed by atoms with E-state index in [2.05, 4.69) is 23.2 Å². The first-order chi connectivity index (χ1) is 10.2. The van der Waals surface area contributed by atoms with Crippen molar-refractivity contribution in [1.29, 1.82) is 0 Å². The van der Waals surface area contributed by atoms with Crippen LogP contribution in [0.5, 0.6) is 0 Å². The zero-order chi connectivity index (χ0) is 14.4. The first kappa shape index (κ1) is 12.2. The van der Waals surface area contributed by atoms with Crippen molar-refractivity contribution in [2.75, 3.05) is 0 Å². The van der Waals surface area contributed by atoms with Gasteiger partial charge in [0.25, 0.3) is 0 Å². The summed E-state index contributed by atoms with van der Waals surface area (Å²) in [7, 11) is 0. The van der Waals surface area contributed by atoms with Crippen LogP contribution in [0.4, 0.5) is 0 Å². The molecule has 0 saturated carbocycles. The number of carboxylic acids is 1. The fourth-order valence-corrected chi connectivity index (χ4v) is 3.74. The Morgan fingerprint density at radius 3 is 2.76 bits per heavy atom. The molecule has 2 aromatic heterocycles. The standard InChI is InChI=1S/C17H11NO2S/c19-17(20)12-6-3-5-11-13(9-18-16(11)12)15-8-10-4-1-2-7-14(10)21-15/h1-9,18H,(H,19,20). The minimum absolute atomic E-state index is 0.305. The Hall–Kier alpha value is -2.59. The zero-order valence-electron chi connectivity index (χ0n) is 11.0. The van der Waals surface area contributed by atoms with Crippen LogP contribution in [0, 0.1) is 0 Å². The Kier molecular flexibility index (Phi) is 2.59. The molecule has 2 heterocycles. The lowest BCUT2D eigenvalue weighted by molar-refractivity contribution is 0.0699. The van der Waals surface area contributed by atoms with Gasteiger partial charge in [-0.1, -0.05) is 30.3 Å². The Morgan fingerprint density at radius 1 is 1.10 bits per heavy atom. The summed E-state index contributed by atoms with van der Waals surface area (Å²) >= 11 is 1.72. The summed E-state index contributed by atoms with van der Waals surface area (Å²) in [6.45, 7) is 0. The number of aromatic nitrogens is 1. The number of para-hydroxylation sites is 1. The third-order valence-corrected chi connectivity index (χ3v) is 4.79. The van der Waals surface area contributed by atoms with Crippen LogP contribution in [0.1, 0.15) is 10.4 Å². The molecule has 102 valence electrons. The Labute approximate surface area is 124 Å². The van der Waals surface area contributed by atoms with Gasteiger partial charge < -0.3 is 10.1 Å². The van der Waals surface area contributed by atoms with Gasteiger partial charge in [-0.3, -0.25) is 0 Å². The highest BCUT2D eigenvalue weighted by molar-refractivity contribution is 7.22. The summed E-state index contributed by atoms with van der Waals surface area (Å²) < 4.78 is 1.23. The lowest BCUT2D eigenvalue weighted by Crippen LogP contribution is -1.96. The predicted molar refractivity (Wildman–Crippen MR) is 86.1 cm³/mol. The average Bonchev–Trinajstić information content (AvgIpc) is 3.09. The van der Waals surface area contributed by atoms with Crippen molar-refractivity contribution < 1.29 is 9.90 Å². The molecule has 3 nitrogen and oxygen atoms in total. The highest BCUT2D eigenvalue weighted by atomic mass is 32.1. The number of rotatable bonds is 2. The molecule has 4 heteroatoms. The number of thiophene rings is 1. The molecule has 0 aliphatic rings. The highest BCUT2D eigenvalue weighted by Crippen LogP contribution is 2.37. The molecule has 0 amide bonds. The third kappa shape index (κ3) is 1.84. The van der Waals surface area contributed by atoms with Crippen LogP contribution in [0.25, 0.3) is 31.4 Å². The topological polar surface area (TPSA) is 53.1 Å². The van der Waals surface area contributed by atoms with E-state index in [-0.39, 0.29) is 0 Å². The number of carboxylic acid groups (broad SMARTS) is 1. The summed E-state index contributed by atoms with van der Waals surface area (Å²) in [5.41, 5.74) is 2.03. The second kappa shape index (κ2) is 4.46. The van der Waals surface area contributed by atoms with E-state index in [0.717, 1.165) is 15.8 Å². The van der Waals surface area contributed by atoms with Gasteiger partial charge in [0.15, 0.2) is 0 Å². The molecule has 0 aliphatic carbocycles. The van der Waals surface area contributed by atoms with Gasteiger partial charge in [-0.2, -0.15) is 0 Å². The monoisotopic (exact) mass is 293 g/mol. The molecule has 0 bridgehead atoms. The van der Waals surface area contributed by atoms with Crippen molar-refractivity contribution in [3.63, 3.8) is 0 Å². The second-order valence-corrected chi connectivity index (χ2v) is 5.97. The van der Waals surface area contributed by atoms with Crippen LogP contribution in [-0.2, 0) is 0 Å². The number of fused-ring (bicyclic) bond motifs is 2. The minimum Gasteiger partial charge on any atom is -0.478 e. The summed E-state index contributed by atoms with van der Waals surface area (Å²) in [5.74, 6) is -0.912. The van der Waals surface area contributed by atoms with Gasteiger partial charge in [0, 0.05) is 26.7 Å². The van der Waals surface area contributed by atoms with Crippen molar-refractivity contribution in [2.24, 2.45) is 0 Å². The molecule has 4 rings (SSSR count). The van der Waals surface area contributed by atoms with E-state index in [1.165, 1.54) is 10.1 Å². The summed E-state index contributed by atoms with van der Waals surface area (Å²) in [4.78, 5) is 15.5. The van der Waals surface area contributed by atoms with Crippen LogP contribution in [0.15, 0.2) is 54.7 Å². The van der Waals surface area contributed by atoms with Crippen molar-refractivity contribution in [3.8, 4) is 10.4 Å². The smallest absolute Gasteiger partial charge is 0.337 e. The molecular weight excluding hydrogens is 282 g/mol. The van der Waals surface area contributed by atoms with Gasteiger partial charge in [0.2, 0.25) is 0 Å². The van der Waals surface area contributed by atoms with Crippen molar-refractivity contribution in [1.82, 2.24) is 4.98 Å². The number of nitrogens with one attached hydrogen (secondary N) is 1. The quantitative estimate of drug-likeness (QED) is 0.560. The lowest BCUT2D eigenvalue weighted by atomic mass is 10.1. The van der Waals surface area contributed by atoms with Crippen LogP contribution < -0.4 is 0 Å². The van der Waals surface area contributed by atoms with E-state index in [1.54, 1.807) is 23.5 Å². The van der Waals surface area contributed by atoms with Gasteiger partial charge in [0.05, 0.1) is 11.1 Å². The minimum atomic E-state index is -0.912. The third-order valence-electron chi connectivity index (χ3n) is 3.64. The van der Waals surface area contributed by atoms with E-state index >= 15 is 0 Å². The maximum Gasteiger partial charge on any atom is 0.337 e. The molecule has 0 radical (unpaired) electrons. The van der Waals surface area contributed by atoms with Crippen LogP contribution >= 0.6 is 11.3 Å². The first-order valence-corrected chi connectivity index (χ1v) is 7.38. The summed E-state index contributed by atoms with van der Waals surface area (Å²) in [6, 6.07) is 15.8. The van der Waals surface area contributed by atoms with Gasteiger partial charge in [-0.05, 0) is 23.6 Å². The normalized spacial score (nSPS) is 11.2. The van der Waals surface area contributed by atoms with Gasteiger partial charge >= 0.3 is 5.97 Å². The summed E-state index contributed by atoms with van der Waals surface area (Å²) in [6.07, 6.45) is 1.89. The van der Waals surface area contributed by atoms with Crippen LogP contribution in [-0.4, -0.2) is 16.1 Å². The molecule has 0 spiro atoms. The molecule has 0 saturated heterocycles. The van der Waals surface area contributed by atoms with E-state index in [9.17, 15) is 9.90 Å². The molecule has 0 aliphatic heterocycles. The van der Waals surface area contributed by atoms with Gasteiger partial charge in [-0.25, -0.2) is 4.79 Å². The number of hydrogen-bond acceptors (Lipinski definition) is 2. The highest BCUT2D eigenvalue weighted by Gasteiger charge is 2.14. The molecular formula is C17H11NO2S. The van der Waals surface area contributed by atoms with Crippen molar-refractivity contribution >= 4 is 38.3 Å². The number of carbonyl (C=O) groups is 1. The van der Waals surface area contributed by atoms with E-state index in [0.29, 0.717) is 11.1 Å². The lowest BCUT2D eigenvalue weighted by Gasteiger charge is -1.98. The average molecular weight is 293 g/mol. The molecule has 0 atom stereocenters. The van der Waals surface area contributed by atoms with E-state index < -0.39 is 5.97 Å². The van der Waals surface area contributed by atoms with Crippen molar-refractivity contribution in [2.45, 2.75) is 0 Å². The Balaban J connectivity index is 1.98.